The number of alkyl halides is 3. The molecule has 1 aliphatic heterocycles. The number of aromatic nitrogens is 4. The van der Waals surface area contributed by atoms with E-state index < -0.39 is 11.7 Å². The van der Waals surface area contributed by atoms with Gasteiger partial charge in [0.05, 0.1) is 12.2 Å². The zero-order chi connectivity index (χ0) is 20.4. The van der Waals surface area contributed by atoms with Crippen molar-refractivity contribution in [2.24, 2.45) is 0 Å². The van der Waals surface area contributed by atoms with Crippen LogP contribution in [0, 0.1) is 4.77 Å². The molecule has 3 heterocycles. The average molecular weight is 420 g/mol. The Morgan fingerprint density at radius 2 is 1.69 bits per heavy atom. The van der Waals surface area contributed by atoms with Gasteiger partial charge in [-0.2, -0.15) is 18.3 Å². The van der Waals surface area contributed by atoms with E-state index in [0.29, 0.717) is 30.3 Å². The Hall–Kier alpha value is -2.72. The molecule has 0 spiro atoms. The fourth-order valence-electron chi connectivity index (χ4n) is 3.25. The van der Waals surface area contributed by atoms with Crippen LogP contribution in [0.4, 0.5) is 19.0 Å². The Bertz CT molecular complexity index is 1000. The highest BCUT2D eigenvalue weighted by atomic mass is 32.1. The van der Waals surface area contributed by atoms with Gasteiger partial charge in [0.1, 0.15) is 12.1 Å². The second-order valence-electron chi connectivity index (χ2n) is 6.77. The van der Waals surface area contributed by atoms with Gasteiger partial charge >= 0.3 is 6.18 Å². The molecule has 0 aliphatic carbocycles. The van der Waals surface area contributed by atoms with Crippen molar-refractivity contribution >= 4 is 18.0 Å². The quantitative estimate of drug-likeness (QED) is 0.604. The minimum absolute atomic E-state index is 0.558. The number of rotatable bonds is 4. The van der Waals surface area contributed by atoms with Gasteiger partial charge in [0.2, 0.25) is 4.77 Å². The summed E-state index contributed by atoms with van der Waals surface area (Å²) in [5, 5.41) is 4.40. The topological polar surface area (TPSA) is 42.1 Å². The van der Waals surface area contributed by atoms with Crippen LogP contribution in [0.3, 0.4) is 0 Å². The van der Waals surface area contributed by atoms with Crippen LogP contribution in [0.5, 0.6) is 0 Å². The molecule has 1 aliphatic rings. The maximum atomic E-state index is 12.7. The van der Waals surface area contributed by atoms with Crippen molar-refractivity contribution in [2.75, 3.05) is 31.1 Å². The summed E-state index contributed by atoms with van der Waals surface area (Å²) < 4.78 is 42.3. The van der Waals surface area contributed by atoms with E-state index in [0.717, 1.165) is 31.0 Å². The monoisotopic (exact) mass is 420 g/mol. The third-order valence-electron chi connectivity index (χ3n) is 4.87. The van der Waals surface area contributed by atoms with Gasteiger partial charge in [-0.05, 0) is 36.5 Å². The predicted octanol–water partition coefficient (Wildman–Crippen LogP) is 3.60. The highest BCUT2D eigenvalue weighted by Crippen LogP contribution is 2.29. The van der Waals surface area contributed by atoms with E-state index in [-0.39, 0.29) is 0 Å². The molecule has 4 rings (SSSR count). The summed E-state index contributed by atoms with van der Waals surface area (Å²) in [6.07, 6.45) is -1.77. The standard InChI is InChI=1S/C19H19F3N6S/c20-19(21,22)15-6-7-17(23-12-15)26-10-8-25(9-11-26)14-28-18(29)27(13-24-28)16-4-2-1-3-5-16/h1-7,12-13H,8-11,14H2. The second-order valence-corrected chi connectivity index (χ2v) is 7.13. The van der Waals surface area contributed by atoms with Gasteiger partial charge in [0.25, 0.3) is 0 Å². The lowest BCUT2D eigenvalue weighted by molar-refractivity contribution is -0.137. The van der Waals surface area contributed by atoms with E-state index >= 15 is 0 Å². The summed E-state index contributed by atoms with van der Waals surface area (Å²) in [5.74, 6) is 0.558. The van der Waals surface area contributed by atoms with Gasteiger partial charge in [-0.25, -0.2) is 9.67 Å². The lowest BCUT2D eigenvalue weighted by atomic mass is 10.2. The molecule has 6 nitrogen and oxygen atoms in total. The number of hydrogen-bond acceptors (Lipinski definition) is 5. The molecule has 1 fully saturated rings. The van der Waals surface area contributed by atoms with E-state index in [1.165, 1.54) is 6.07 Å². The van der Waals surface area contributed by atoms with Crippen LogP contribution in [0.2, 0.25) is 0 Å². The lowest BCUT2D eigenvalue weighted by Gasteiger charge is -2.35. The zero-order valence-corrected chi connectivity index (χ0v) is 16.3. The number of halogens is 3. The average Bonchev–Trinajstić information content (AvgIpc) is 3.09. The number of hydrogen-bond donors (Lipinski definition) is 0. The number of pyridine rings is 1. The molecule has 0 amide bonds. The SMILES string of the molecule is FC(F)(F)c1ccc(N2CCN(Cn3ncn(-c4ccccc4)c3=S)CC2)nc1. The summed E-state index contributed by atoms with van der Waals surface area (Å²) >= 11 is 5.54. The normalized spacial score (nSPS) is 15.6. The summed E-state index contributed by atoms with van der Waals surface area (Å²) in [7, 11) is 0. The molecule has 1 aromatic carbocycles. The first-order valence-corrected chi connectivity index (χ1v) is 9.53. The molecule has 0 radical (unpaired) electrons. The molecular formula is C19H19F3N6S. The number of para-hydroxylation sites is 1. The van der Waals surface area contributed by atoms with Gasteiger partial charge in [-0.15, -0.1) is 0 Å². The van der Waals surface area contributed by atoms with Gasteiger partial charge < -0.3 is 4.90 Å². The summed E-state index contributed by atoms with van der Waals surface area (Å²) in [6, 6.07) is 12.3. The first-order chi connectivity index (χ1) is 13.9. The molecule has 0 bridgehead atoms. The van der Waals surface area contributed by atoms with E-state index in [1.54, 1.807) is 11.0 Å². The van der Waals surface area contributed by atoms with E-state index in [2.05, 4.69) is 15.0 Å². The molecule has 29 heavy (non-hydrogen) atoms. The molecule has 0 saturated carbocycles. The fraction of sp³-hybridized carbons (Fsp3) is 0.316. The van der Waals surface area contributed by atoms with Crippen LogP contribution in [-0.2, 0) is 12.8 Å². The van der Waals surface area contributed by atoms with Gasteiger partial charge in [0, 0.05) is 38.1 Å². The number of benzene rings is 1. The third kappa shape index (κ3) is 4.33. The van der Waals surface area contributed by atoms with Crippen molar-refractivity contribution in [1.29, 1.82) is 0 Å². The molecule has 1 saturated heterocycles. The Labute approximate surface area is 170 Å². The van der Waals surface area contributed by atoms with Crippen molar-refractivity contribution in [3.05, 3.63) is 65.3 Å². The smallest absolute Gasteiger partial charge is 0.354 e. The van der Waals surface area contributed by atoms with Crippen LogP contribution in [-0.4, -0.2) is 50.4 Å². The molecule has 0 atom stereocenters. The second kappa shape index (κ2) is 7.96. The zero-order valence-electron chi connectivity index (χ0n) is 15.5. The highest BCUT2D eigenvalue weighted by Gasteiger charge is 2.31. The van der Waals surface area contributed by atoms with Gasteiger partial charge in [0.15, 0.2) is 0 Å². The molecule has 2 aromatic heterocycles. The van der Waals surface area contributed by atoms with Crippen molar-refractivity contribution in [3.63, 3.8) is 0 Å². The molecule has 3 aromatic rings. The highest BCUT2D eigenvalue weighted by molar-refractivity contribution is 7.71. The van der Waals surface area contributed by atoms with Crippen LogP contribution in [0.15, 0.2) is 55.0 Å². The van der Waals surface area contributed by atoms with Gasteiger partial charge in [-0.3, -0.25) is 9.47 Å². The Kier molecular flexibility index (Phi) is 5.37. The van der Waals surface area contributed by atoms with E-state index in [9.17, 15) is 13.2 Å². The largest absolute Gasteiger partial charge is 0.417 e. The molecule has 152 valence electrons. The molecular weight excluding hydrogens is 401 g/mol. The van der Waals surface area contributed by atoms with Crippen molar-refractivity contribution < 1.29 is 13.2 Å². The first kappa shape index (κ1) is 19.6. The third-order valence-corrected chi connectivity index (χ3v) is 5.28. The molecule has 10 heteroatoms. The Morgan fingerprint density at radius 1 is 0.966 bits per heavy atom. The summed E-state index contributed by atoms with van der Waals surface area (Å²) in [6.45, 7) is 3.38. The maximum Gasteiger partial charge on any atom is 0.417 e. The first-order valence-electron chi connectivity index (χ1n) is 9.12. The minimum Gasteiger partial charge on any atom is -0.354 e. The van der Waals surface area contributed by atoms with E-state index in [4.69, 9.17) is 12.2 Å². The van der Waals surface area contributed by atoms with Crippen LogP contribution < -0.4 is 4.90 Å². The Balaban J connectivity index is 1.37. The van der Waals surface area contributed by atoms with Gasteiger partial charge in [-0.1, -0.05) is 18.2 Å². The fourth-order valence-corrected chi connectivity index (χ4v) is 3.51. The van der Waals surface area contributed by atoms with Crippen LogP contribution in [0.1, 0.15) is 5.56 Å². The lowest BCUT2D eigenvalue weighted by Crippen LogP contribution is -2.47. The number of piperazine rings is 1. The summed E-state index contributed by atoms with van der Waals surface area (Å²) in [4.78, 5) is 8.17. The Morgan fingerprint density at radius 3 is 2.31 bits per heavy atom. The summed E-state index contributed by atoms with van der Waals surface area (Å²) in [5.41, 5.74) is 0.227. The van der Waals surface area contributed by atoms with Crippen LogP contribution >= 0.6 is 12.2 Å². The van der Waals surface area contributed by atoms with Crippen molar-refractivity contribution in [2.45, 2.75) is 12.8 Å². The molecule has 0 unspecified atom stereocenters. The van der Waals surface area contributed by atoms with Crippen molar-refractivity contribution in [3.8, 4) is 5.69 Å². The molecule has 0 N–H and O–H groups in total. The maximum absolute atomic E-state index is 12.7. The van der Waals surface area contributed by atoms with E-state index in [1.807, 2.05) is 39.8 Å². The van der Waals surface area contributed by atoms with Crippen molar-refractivity contribution in [1.82, 2.24) is 24.2 Å². The van der Waals surface area contributed by atoms with Crippen LogP contribution in [0.25, 0.3) is 5.69 Å². The number of nitrogens with zero attached hydrogens (tertiary/aromatic N) is 6. The number of anilines is 1. The predicted molar refractivity (Wildman–Crippen MR) is 105 cm³/mol. The minimum atomic E-state index is -4.37.